The lowest BCUT2D eigenvalue weighted by Crippen LogP contribution is -2.29. The van der Waals surface area contributed by atoms with Gasteiger partial charge >= 0.3 is 5.97 Å². The van der Waals surface area contributed by atoms with E-state index < -0.39 is 23.7 Å². The van der Waals surface area contributed by atoms with Gasteiger partial charge in [0.25, 0.3) is 11.7 Å². The molecule has 1 heterocycles. The molecule has 0 radical (unpaired) electrons. The second kappa shape index (κ2) is 8.81. The van der Waals surface area contributed by atoms with Gasteiger partial charge < -0.3 is 9.84 Å². The van der Waals surface area contributed by atoms with Gasteiger partial charge in [-0.2, -0.15) is 5.26 Å². The molecule has 1 saturated heterocycles. The number of ether oxygens (including phenoxy) is 1. The van der Waals surface area contributed by atoms with E-state index in [0.29, 0.717) is 28.1 Å². The summed E-state index contributed by atoms with van der Waals surface area (Å²) in [5.41, 5.74) is 1.68. The molecule has 1 atom stereocenters. The quantitative estimate of drug-likeness (QED) is 0.216. The highest BCUT2D eigenvalue weighted by Crippen LogP contribution is 2.42. The molecule has 3 aromatic carbocycles. The van der Waals surface area contributed by atoms with Gasteiger partial charge in [-0.25, -0.2) is 0 Å². The van der Waals surface area contributed by atoms with E-state index >= 15 is 0 Å². The third-order valence-electron chi connectivity index (χ3n) is 5.22. The molecule has 7 heteroatoms. The lowest BCUT2D eigenvalue weighted by molar-refractivity contribution is -0.132. The Hall–Kier alpha value is -4.70. The van der Waals surface area contributed by atoms with Crippen LogP contribution in [0.3, 0.4) is 0 Å². The molecule has 1 N–H and O–H groups in total. The van der Waals surface area contributed by atoms with Crippen LogP contribution in [0.2, 0.25) is 0 Å². The fraction of sp³-hybridized carbons (Fsp3) is 0.0769. The largest absolute Gasteiger partial charge is 0.507 e. The van der Waals surface area contributed by atoms with E-state index in [1.54, 1.807) is 78.9 Å². The topological polar surface area (TPSA) is 108 Å². The molecule has 0 aliphatic carbocycles. The summed E-state index contributed by atoms with van der Waals surface area (Å²) < 4.78 is 5.08. The highest BCUT2D eigenvalue weighted by molar-refractivity contribution is 6.51. The number of nitriles is 1. The van der Waals surface area contributed by atoms with Gasteiger partial charge in [0.15, 0.2) is 0 Å². The molecule has 162 valence electrons. The van der Waals surface area contributed by atoms with Crippen LogP contribution in [0.25, 0.3) is 5.76 Å². The highest BCUT2D eigenvalue weighted by atomic mass is 16.5. The highest BCUT2D eigenvalue weighted by Gasteiger charge is 2.46. The minimum atomic E-state index is -0.926. The van der Waals surface area contributed by atoms with Crippen molar-refractivity contribution in [3.8, 4) is 11.8 Å². The summed E-state index contributed by atoms with van der Waals surface area (Å²) in [6.45, 7) is 1.29. The number of carbonyl (C=O) groups is 3. The number of aliphatic hydroxyl groups excluding tert-OH is 1. The average Bonchev–Trinajstić information content (AvgIpc) is 3.10. The second-order valence-electron chi connectivity index (χ2n) is 7.36. The van der Waals surface area contributed by atoms with Crippen LogP contribution in [0.4, 0.5) is 5.69 Å². The first-order chi connectivity index (χ1) is 15.9. The Morgan fingerprint density at radius 2 is 1.61 bits per heavy atom. The second-order valence-corrected chi connectivity index (χ2v) is 7.36. The number of Topliss-reactive ketones (excluding diaryl/α,β-unsaturated/α-hetero) is 1. The van der Waals surface area contributed by atoms with E-state index in [1.165, 1.54) is 11.8 Å². The van der Waals surface area contributed by atoms with Crippen molar-refractivity contribution in [1.29, 1.82) is 5.26 Å². The minimum Gasteiger partial charge on any atom is -0.507 e. The maximum atomic E-state index is 13.1. The van der Waals surface area contributed by atoms with E-state index in [9.17, 15) is 19.5 Å². The molecular formula is C26H18N2O5. The normalized spacial score (nSPS) is 17.0. The molecule has 0 bridgehead atoms. The number of hydrogen-bond acceptors (Lipinski definition) is 6. The molecule has 1 fully saturated rings. The van der Waals surface area contributed by atoms with Gasteiger partial charge in [-0.05, 0) is 42.0 Å². The fourth-order valence-electron chi connectivity index (χ4n) is 3.75. The van der Waals surface area contributed by atoms with Gasteiger partial charge in [0, 0.05) is 18.2 Å². The Morgan fingerprint density at radius 3 is 2.18 bits per heavy atom. The summed E-state index contributed by atoms with van der Waals surface area (Å²) in [6.07, 6.45) is 0. The third-order valence-corrected chi connectivity index (χ3v) is 5.22. The van der Waals surface area contributed by atoms with E-state index in [-0.39, 0.29) is 11.3 Å². The van der Waals surface area contributed by atoms with Crippen molar-refractivity contribution in [3.63, 3.8) is 0 Å². The maximum absolute atomic E-state index is 13.1. The van der Waals surface area contributed by atoms with Crippen LogP contribution in [-0.2, 0) is 14.4 Å². The van der Waals surface area contributed by atoms with Crippen LogP contribution in [0.1, 0.15) is 29.7 Å². The monoisotopic (exact) mass is 438 g/mol. The molecule has 4 rings (SSSR count). The summed E-state index contributed by atoms with van der Waals surface area (Å²) in [5, 5.41) is 20.1. The van der Waals surface area contributed by atoms with Gasteiger partial charge in [-0.3, -0.25) is 19.3 Å². The zero-order chi connectivity index (χ0) is 23.5. The Morgan fingerprint density at radius 1 is 0.970 bits per heavy atom. The number of carbonyl (C=O) groups excluding carboxylic acids is 3. The van der Waals surface area contributed by atoms with E-state index in [1.807, 2.05) is 6.07 Å². The van der Waals surface area contributed by atoms with E-state index in [4.69, 9.17) is 10.00 Å². The lowest BCUT2D eigenvalue weighted by Gasteiger charge is -2.25. The molecule has 1 unspecified atom stereocenters. The van der Waals surface area contributed by atoms with Crippen molar-refractivity contribution in [1.82, 2.24) is 0 Å². The van der Waals surface area contributed by atoms with Crippen molar-refractivity contribution in [2.75, 3.05) is 4.90 Å². The molecule has 33 heavy (non-hydrogen) atoms. The van der Waals surface area contributed by atoms with Crippen molar-refractivity contribution in [2.24, 2.45) is 0 Å². The van der Waals surface area contributed by atoms with E-state index in [0.717, 1.165) is 0 Å². The summed E-state index contributed by atoms with van der Waals surface area (Å²) in [6, 6.07) is 22.2. The van der Waals surface area contributed by atoms with Crippen molar-refractivity contribution >= 4 is 29.1 Å². The maximum Gasteiger partial charge on any atom is 0.308 e. The Kier molecular flexibility index (Phi) is 5.75. The number of amides is 1. The molecular weight excluding hydrogens is 420 g/mol. The Labute approximate surface area is 189 Å². The Bertz CT molecular complexity index is 1300. The van der Waals surface area contributed by atoms with Crippen LogP contribution >= 0.6 is 0 Å². The summed E-state index contributed by atoms with van der Waals surface area (Å²) >= 11 is 0. The first-order valence-corrected chi connectivity index (χ1v) is 10.1. The van der Waals surface area contributed by atoms with Gasteiger partial charge in [0.2, 0.25) is 0 Å². The van der Waals surface area contributed by atoms with Crippen LogP contribution in [-0.4, -0.2) is 22.8 Å². The number of anilines is 1. The SMILES string of the molecule is CC(=O)Oc1ccc(C2/C(=C(\O)c3ccccc3)C(=O)C(=O)N2c2ccc(C#N)cc2)cc1. The third kappa shape index (κ3) is 4.10. The Balaban J connectivity index is 1.88. The van der Waals surface area contributed by atoms with Crippen molar-refractivity contribution < 1.29 is 24.2 Å². The molecule has 0 aromatic heterocycles. The predicted molar refractivity (Wildman–Crippen MR) is 120 cm³/mol. The van der Waals surface area contributed by atoms with Gasteiger partial charge in [0.1, 0.15) is 11.5 Å². The number of benzene rings is 3. The molecule has 3 aromatic rings. The molecule has 0 saturated carbocycles. The predicted octanol–water partition coefficient (Wildman–Crippen LogP) is 4.11. The minimum absolute atomic E-state index is 0.0594. The van der Waals surface area contributed by atoms with Gasteiger partial charge in [-0.15, -0.1) is 0 Å². The first-order valence-electron chi connectivity index (χ1n) is 10.1. The number of hydrogen-bond donors (Lipinski definition) is 1. The van der Waals surface area contributed by atoms with Crippen LogP contribution < -0.4 is 9.64 Å². The average molecular weight is 438 g/mol. The fourth-order valence-corrected chi connectivity index (χ4v) is 3.75. The number of ketones is 1. The van der Waals surface area contributed by atoms with Crippen LogP contribution in [0.15, 0.2) is 84.4 Å². The van der Waals surface area contributed by atoms with Crippen molar-refractivity contribution in [3.05, 3.63) is 101 Å². The van der Waals surface area contributed by atoms with Crippen LogP contribution in [0.5, 0.6) is 5.75 Å². The van der Waals surface area contributed by atoms with Crippen molar-refractivity contribution in [2.45, 2.75) is 13.0 Å². The zero-order valence-electron chi connectivity index (χ0n) is 17.6. The van der Waals surface area contributed by atoms with Gasteiger partial charge in [0.05, 0.1) is 23.2 Å². The molecule has 1 aliphatic heterocycles. The van der Waals surface area contributed by atoms with Crippen LogP contribution in [0, 0.1) is 11.3 Å². The lowest BCUT2D eigenvalue weighted by atomic mass is 9.95. The summed E-state index contributed by atoms with van der Waals surface area (Å²) in [5.74, 6) is -2.08. The zero-order valence-corrected chi connectivity index (χ0v) is 17.6. The molecule has 1 aliphatic rings. The summed E-state index contributed by atoms with van der Waals surface area (Å²) in [4.78, 5) is 38.7. The molecule has 0 spiro atoms. The number of nitrogens with zero attached hydrogens (tertiary/aromatic N) is 2. The smallest absolute Gasteiger partial charge is 0.308 e. The number of aliphatic hydroxyl groups is 1. The summed E-state index contributed by atoms with van der Waals surface area (Å²) in [7, 11) is 0. The number of rotatable bonds is 4. The first kappa shape index (κ1) is 21.5. The number of esters is 1. The standard InChI is InChI=1S/C26H18N2O5/c1-16(29)33-21-13-9-18(10-14-21)23-22(24(30)19-5-3-2-4-6-19)25(31)26(32)28(23)20-11-7-17(15-27)8-12-20/h2-14,23,30H,1H3/b24-22+. The molecule has 7 nitrogen and oxygen atoms in total. The van der Waals surface area contributed by atoms with Gasteiger partial charge in [-0.1, -0.05) is 42.5 Å². The molecule has 1 amide bonds. The van der Waals surface area contributed by atoms with E-state index in [2.05, 4.69) is 0 Å².